The van der Waals surface area contributed by atoms with Gasteiger partial charge in [-0.1, -0.05) is 0 Å². The van der Waals surface area contributed by atoms with E-state index in [0.29, 0.717) is 0 Å². The maximum atomic E-state index is 11.7. The minimum atomic E-state index is -6.35. The molecule has 0 aromatic heterocycles. The average Bonchev–Trinajstić information content (AvgIpc) is 1.58. The Hall–Kier alpha value is -0.400. The normalized spacial score (nSPS) is 15.1. The summed E-state index contributed by atoms with van der Waals surface area (Å²) >= 11 is 0. The van der Waals surface area contributed by atoms with E-state index in [1.54, 1.807) is 0 Å². The Morgan fingerprint density at radius 1 is 1.00 bits per heavy atom. The van der Waals surface area contributed by atoms with Gasteiger partial charge in [0.2, 0.25) is 0 Å². The monoisotopic (exact) mass is 198 g/mol. The zero-order valence-electron chi connectivity index (χ0n) is 5.11. The van der Waals surface area contributed by atoms with Crippen molar-refractivity contribution in [3.63, 3.8) is 0 Å². The molecule has 0 radical (unpaired) electrons. The van der Waals surface area contributed by atoms with Crippen LogP contribution in [-0.2, 0) is 9.84 Å². The molecular formula is C3H3F5O2S. The summed E-state index contributed by atoms with van der Waals surface area (Å²) in [5, 5.41) is -4.77. The highest BCUT2D eigenvalue weighted by Gasteiger charge is 2.59. The second-order valence-electron chi connectivity index (χ2n) is 1.76. The van der Waals surface area contributed by atoms with Gasteiger partial charge in [0, 0.05) is 6.92 Å². The molecule has 0 heterocycles. The lowest BCUT2D eigenvalue weighted by Crippen LogP contribution is -2.37. The van der Waals surface area contributed by atoms with Crippen molar-refractivity contribution in [2.24, 2.45) is 0 Å². The van der Waals surface area contributed by atoms with Gasteiger partial charge in [0.05, 0.1) is 0 Å². The first-order valence-corrected chi connectivity index (χ1v) is 3.67. The van der Waals surface area contributed by atoms with Crippen molar-refractivity contribution in [3.8, 4) is 0 Å². The average molecular weight is 198 g/mol. The van der Waals surface area contributed by atoms with Crippen LogP contribution in [0.25, 0.3) is 0 Å². The van der Waals surface area contributed by atoms with Crippen LogP contribution in [-0.4, -0.2) is 19.2 Å². The molecule has 0 aliphatic carbocycles. The van der Waals surface area contributed by atoms with Crippen LogP contribution >= 0.6 is 0 Å². The lowest BCUT2D eigenvalue weighted by atomic mass is 10.9. The smallest absolute Gasteiger partial charge is 0.213 e. The first-order valence-electron chi connectivity index (χ1n) is 2.19. The second kappa shape index (κ2) is 2.29. The third kappa shape index (κ3) is 1.79. The van der Waals surface area contributed by atoms with E-state index in [9.17, 15) is 30.4 Å². The summed E-state index contributed by atoms with van der Waals surface area (Å²) in [4.78, 5) is 0. The molecule has 0 aromatic carbocycles. The molecule has 0 bridgehead atoms. The van der Waals surface area contributed by atoms with Crippen LogP contribution in [0, 0.1) is 0 Å². The van der Waals surface area contributed by atoms with E-state index < -0.39 is 20.6 Å². The lowest BCUT2D eigenvalue weighted by molar-refractivity contribution is -0.0547. The molecule has 0 spiro atoms. The zero-order valence-corrected chi connectivity index (χ0v) is 5.93. The molecule has 2 nitrogen and oxygen atoms in total. The third-order valence-electron chi connectivity index (χ3n) is 0.777. The minimum absolute atomic E-state index is 0.324. The molecule has 0 rings (SSSR count). The highest BCUT2D eigenvalue weighted by molar-refractivity contribution is 7.93. The summed E-state index contributed by atoms with van der Waals surface area (Å²) in [5.74, 6) is 0. The maximum absolute atomic E-state index is 11.7. The number of rotatable bonds is 1. The van der Waals surface area contributed by atoms with Crippen molar-refractivity contribution < 1.29 is 30.4 Å². The fourth-order valence-electron chi connectivity index (χ4n) is 0.203. The fraction of sp³-hybridized carbons (Fsp3) is 1.00. The van der Waals surface area contributed by atoms with Gasteiger partial charge in [0.25, 0.3) is 0 Å². The lowest BCUT2D eigenvalue weighted by Gasteiger charge is -2.13. The van der Waals surface area contributed by atoms with E-state index >= 15 is 0 Å². The van der Waals surface area contributed by atoms with Gasteiger partial charge in [-0.2, -0.15) is 22.0 Å². The Bertz CT molecular complexity index is 211. The molecule has 0 saturated heterocycles. The molecule has 0 fully saturated rings. The van der Waals surface area contributed by atoms with Crippen molar-refractivity contribution >= 4 is 9.84 Å². The van der Waals surface area contributed by atoms with Gasteiger partial charge < -0.3 is 0 Å². The van der Waals surface area contributed by atoms with Gasteiger partial charge in [-0.25, -0.2) is 8.42 Å². The molecule has 11 heavy (non-hydrogen) atoms. The summed E-state index contributed by atoms with van der Waals surface area (Å²) in [7, 11) is -6.35. The van der Waals surface area contributed by atoms with Gasteiger partial charge >= 0.3 is 20.6 Å². The van der Waals surface area contributed by atoms with Crippen LogP contribution in [0.3, 0.4) is 0 Å². The Labute approximate surface area is 58.9 Å². The zero-order chi connectivity index (χ0) is 9.50. The molecule has 0 saturated carbocycles. The molecule has 68 valence electrons. The number of alkyl halides is 5. The van der Waals surface area contributed by atoms with Crippen molar-refractivity contribution in [1.29, 1.82) is 0 Å². The summed E-state index contributed by atoms with van der Waals surface area (Å²) < 4.78 is 76.8. The molecule has 0 atom stereocenters. The standard InChI is InChI=1S/C3H3F5O2S/c1-2(4,5)11(9,10)3(6,7)8/h1H3. The summed E-state index contributed by atoms with van der Waals surface area (Å²) in [6.07, 6.45) is 0. The molecule has 0 amide bonds. The summed E-state index contributed by atoms with van der Waals surface area (Å²) in [5.41, 5.74) is -5.90. The van der Waals surface area contributed by atoms with Crippen LogP contribution in [0.15, 0.2) is 0 Å². The van der Waals surface area contributed by atoms with Crippen molar-refractivity contribution in [1.82, 2.24) is 0 Å². The van der Waals surface area contributed by atoms with Crippen molar-refractivity contribution in [2.75, 3.05) is 0 Å². The predicted molar refractivity (Wildman–Crippen MR) is 25.6 cm³/mol. The van der Waals surface area contributed by atoms with Gasteiger partial charge in [-0.05, 0) is 0 Å². The highest BCUT2D eigenvalue weighted by Crippen LogP contribution is 2.35. The molecule has 0 N–H and O–H groups in total. The van der Waals surface area contributed by atoms with E-state index in [1.807, 2.05) is 0 Å². The first kappa shape index (κ1) is 10.6. The van der Waals surface area contributed by atoms with E-state index in [4.69, 9.17) is 0 Å². The number of hydrogen-bond acceptors (Lipinski definition) is 2. The van der Waals surface area contributed by atoms with Crippen LogP contribution in [0.5, 0.6) is 0 Å². The molecule has 0 aliphatic heterocycles. The van der Waals surface area contributed by atoms with E-state index in [2.05, 4.69) is 0 Å². The second-order valence-corrected chi connectivity index (χ2v) is 3.94. The van der Waals surface area contributed by atoms with Gasteiger partial charge in [0.1, 0.15) is 0 Å². The largest absolute Gasteiger partial charge is 0.503 e. The molecular weight excluding hydrogens is 195 g/mol. The van der Waals surface area contributed by atoms with Crippen LogP contribution in [0.1, 0.15) is 6.92 Å². The summed E-state index contributed by atoms with van der Waals surface area (Å²) in [6.45, 7) is -0.324. The quantitative estimate of drug-likeness (QED) is 0.599. The molecule has 0 unspecified atom stereocenters. The number of hydrogen-bond donors (Lipinski definition) is 0. The van der Waals surface area contributed by atoms with Gasteiger partial charge in [0.15, 0.2) is 0 Å². The minimum Gasteiger partial charge on any atom is -0.213 e. The fourth-order valence-corrected chi connectivity index (χ4v) is 0.610. The van der Waals surface area contributed by atoms with Crippen molar-refractivity contribution in [2.45, 2.75) is 17.7 Å². The van der Waals surface area contributed by atoms with Crippen LogP contribution < -0.4 is 0 Å². The predicted octanol–water partition coefficient (Wildman–Crippen LogP) is 1.53. The SMILES string of the molecule is CC(F)(F)S(=O)(=O)C(F)(F)F. The van der Waals surface area contributed by atoms with E-state index in [0.717, 1.165) is 0 Å². The Kier molecular flexibility index (Phi) is 2.21. The topological polar surface area (TPSA) is 34.1 Å². The first-order chi connectivity index (χ1) is 4.50. The van der Waals surface area contributed by atoms with E-state index in [-0.39, 0.29) is 6.92 Å². The molecule has 8 heteroatoms. The Morgan fingerprint density at radius 3 is 1.27 bits per heavy atom. The third-order valence-corrected chi connectivity index (χ3v) is 2.33. The van der Waals surface area contributed by atoms with Crippen LogP contribution in [0.2, 0.25) is 0 Å². The molecule has 0 aromatic rings. The van der Waals surface area contributed by atoms with E-state index in [1.165, 1.54) is 0 Å². The Morgan fingerprint density at radius 2 is 1.27 bits per heavy atom. The highest BCUT2D eigenvalue weighted by atomic mass is 32.2. The number of sulfone groups is 1. The van der Waals surface area contributed by atoms with Crippen LogP contribution in [0.4, 0.5) is 22.0 Å². The number of halogens is 5. The van der Waals surface area contributed by atoms with Gasteiger partial charge in [-0.3, -0.25) is 0 Å². The van der Waals surface area contributed by atoms with Gasteiger partial charge in [-0.15, -0.1) is 0 Å². The maximum Gasteiger partial charge on any atom is 0.503 e. The van der Waals surface area contributed by atoms with Crippen molar-refractivity contribution in [3.05, 3.63) is 0 Å². The Balaban J connectivity index is 5.11. The summed E-state index contributed by atoms with van der Waals surface area (Å²) in [6, 6.07) is 0. The molecule has 0 aliphatic rings.